The molecule has 2 fully saturated rings. The molecule has 0 heterocycles. The van der Waals surface area contributed by atoms with E-state index >= 15 is 0 Å². The van der Waals surface area contributed by atoms with Crippen molar-refractivity contribution in [2.45, 2.75) is 55.8 Å². The van der Waals surface area contributed by atoms with Gasteiger partial charge in [0.15, 0.2) is 0 Å². The maximum Gasteiger partial charge on any atom is 0.0230 e. The molecule has 2 bridgehead atoms. The van der Waals surface area contributed by atoms with E-state index in [1.54, 1.807) is 0 Å². The molecule has 2 aliphatic rings. The summed E-state index contributed by atoms with van der Waals surface area (Å²) in [5, 5.41) is 0. The van der Waals surface area contributed by atoms with Gasteiger partial charge in [-0.25, -0.2) is 0 Å². The largest absolute Gasteiger partial charge is 0.0788 e. The summed E-state index contributed by atoms with van der Waals surface area (Å²) in [4.78, 5) is 0. The molecule has 0 radical (unpaired) electrons. The van der Waals surface area contributed by atoms with Crippen LogP contribution in [0.2, 0.25) is 0 Å². The van der Waals surface area contributed by atoms with E-state index in [0.29, 0.717) is 8.84 Å². The molecule has 0 amide bonds. The Kier molecular flexibility index (Phi) is 2.21. The topological polar surface area (TPSA) is 0 Å². The monoisotopic (exact) mass is 278 g/mol. The van der Waals surface area contributed by atoms with E-state index in [4.69, 9.17) is 0 Å². The summed E-state index contributed by atoms with van der Waals surface area (Å²) in [6.45, 7) is 4.91. The third-order valence-corrected chi connectivity index (χ3v) is 4.89. The molecule has 0 aromatic heterocycles. The highest BCUT2D eigenvalue weighted by atomic mass is 127. The number of hydrogen-bond acceptors (Lipinski definition) is 0. The molecular formula is C11H19I. The van der Waals surface area contributed by atoms with Crippen molar-refractivity contribution < 1.29 is 0 Å². The summed E-state index contributed by atoms with van der Waals surface area (Å²) in [6, 6.07) is 0. The van der Waals surface area contributed by atoms with Crippen LogP contribution >= 0.6 is 22.6 Å². The predicted molar refractivity (Wildman–Crippen MR) is 61.7 cm³/mol. The van der Waals surface area contributed by atoms with Gasteiger partial charge in [-0.3, -0.25) is 0 Å². The van der Waals surface area contributed by atoms with Crippen LogP contribution in [0.5, 0.6) is 0 Å². The first kappa shape index (κ1) is 9.29. The van der Waals surface area contributed by atoms with E-state index in [-0.39, 0.29) is 0 Å². The number of fused-ring (bicyclic) bond motifs is 2. The Morgan fingerprint density at radius 3 is 2.67 bits per heavy atom. The van der Waals surface area contributed by atoms with Crippen molar-refractivity contribution in [2.75, 3.05) is 0 Å². The van der Waals surface area contributed by atoms with Gasteiger partial charge in [0.05, 0.1) is 0 Å². The van der Waals surface area contributed by atoms with E-state index in [1.165, 1.54) is 38.5 Å². The third kappa shape index (κ3) is 1.80. The van der Waals surface area contributed by atoms with Crippen molar-refractivity contribution in [1.29, 1.82) is 0 Å². The number of hydrogen-bond donors (Lipinski definition) is 0. The van der Waals surface area contributed by atoms with Crippen LogP contribution in [0.4, 0.5) is 0 Å². The Balaban J connectivity index is 2.16. The first-order valence-electron chi connectivity index (χ1n) is 5.18. The van der Waals surface area contributed by atoms with Gasteiger partial charge in [-0.1, -0.05) is 49.3 Å². The minimum atomic E-state index is 0.629. The van der Waals surface area contributed by atoms with Gasteiger partial charge in [0.25, 0.3) is 0 Å². The first-order chi connectivity index (χ1) is 5.49. The van der Waals surface area contributed by atoms with Crippen LogP contribution < -0.4 is 0 Å². The fourth-order valence-corrected chi connectivity index (χ4v) is 5.51. The molecule has 70 valence electrons. The SMILES string of the molecule is CC1(C)CC2CCCC(I)(C2)C1. The lowest BCUT2D eigenvalue weighted by molar-refractivity contribution is 0.111. The van der Waals surface area contributed by atoms with Crippen LogP contribution in [0.15, 0.2) is 0 Å². The van der Waals surface area contributed by atoms with Crippen molar-refractivity contribution in [3.63, 3.8) is 0 Å². The van der Waals surface area contributed by atoms with Crippen molar-refractivity contribution in [3.8, 4) is 0 Å². The second-order valence-corrected chi connectivity index (χ2v) is 7.95. The molecule has 0 aromatic carbocycles. The highest BCUT2D eigenvalue weighted by molar-refractivity contribution is 14.1. The number of rotatable bonds is 0. The smallest absolute Gasteiger partial charge is 0.0230 e. The molecule has 1 heteroatoms. The van der Waals surface area contributed by atoms with Crippen LogP contribution in [-0.4, -0.2) is 3.42 Å². The number of alkyl halides is 1. The molecule has 0 saturated heterocycles. The zero-order valence-corrected chi connectivity index (χ0v) is 10.4. The van der Waals surface area contributed by atoms with Crippen LogP contribution in [0.25, 0.3) is 0 Å². The molecule has 0 nitrogen and oxygen atoms in total. The minimum Gasteiger partial charge on any atom is -0.0788 e. The predicted octanol–water partition coefficient (Wildman–Crippen LogP) is 4.17. The first-order valence-corrected chi connectivity index (χ1v) is 6.26. The van der Waals surface area contributed by atoms with Gasteiger partial charge in [0.2, 0.25) is 0 Å². The fraction of sp³-hybridized carbons (Fsp3) is 1.00. The maximum absolute atomic E-state index is 2.75. The average molecular weight is 278 g/mol. The van der Waals surface area contributed by atoms with Gasteiger partial charge in [0.1, 0.15) is 0 Å². The average Bonchev–Trinajstić information content (AvgIpc) is 1.79. The molecule has 2 aliphatic carbocycles. The molecular weight excluding hydrogens is 259 g/mol. The highest BCUT2D eigenvalue weighted by Crippen LogP contribution is 2.54. The lowest BCUT2D eigenvalue weighted by Crippen LogP contribution is -2.41. The number of halogens is 1. The van der Waals surface area contributed by atoms with Crippen molar-refractivity contribution in [3.05, 3.63) is 0 Å². The standard InChI is InChI=1S/C11H19I/c1-10(2)6-9-4-3-5-11(12,7-9)8-10/h9H,3-8H2,1-2H3. The van der Waals surface area contributed by atoms with Gasteiger partial charge in [-0.15, -0.1) is 0 Å². The molecule has 2 unspecified atom stereocenters. The van der Waals surface area contributed by atoms with Crippen molar-refractivity contribution in [1.82, 2.24) is 0 Å². The highest BCUT2D eigenvalue weighted by Gasteiger charge is 2.44. The van der Waals surface area contributed by atoms with Crippen LogP contribution in [0, 0.1) is 11.3 Å². The third-order valence-electron chi connectivity index (χ3n) is 3.53. The lowest BCUT2D eigenvalue weighted by atomic mass is 9.62. The van der Waals surface area contributed by atoms with Crippen molar-refractivity contribution >= 4 is 22.6 Å². The van der Waals surface area contributed by atoms with Gasteiger partial charge in [-0.2, -0.15) is 0 Å². The Morgan fingerprint density at radius 1 is 1.25 bits per heavy atom. The quantitative estimate of drug-likeness (QED) is 0.461. The van der Waals surface area contributed by atoms with E-state index in [9.17, 15) is 0 Å². The summed E-state index contributed by atoms with van der Waals surface area (Å²) in [6.07, 6.45) is 8.93. The Morgan fingerprint density at radius 2 is 2.00 bits per heavy atom. The van der Waals surface area contributed by atoms with Crippen molar-refractivity contribution in [2.24, 2.45) is 11.3 Å². The molecule has 12 heavy (non-hydrogen) atoms. The molecule has 0 aliphatic heterocycles. The molecule has 0 aromatic rings. The van der Waals surface area contributed by atoms with E-state index in [2.05, 4.69) is 36.4 Å². The molecule has 2 atom stereocenters. The Hall–Kier alpha value is 0.730. The molecule has 2 saturated carbocycles. The lowest BCUT2D eigenvalue weighted by Gasteiger charge is -2.49. The molecule has 0 spiro atoms. The maximum atomic E-state index is 2.75. The normalized spacial score (nSPS) is 45.8. The van der Waals surface area contributed by atoms with Crippen LogP contribution in [0.1, 0.15) is 52.4 Å². The fourth-order valence-electron chi connectivity index (χ4n) is 3.48. The zero-order chi connectivity index (χ0) is 8.82. The van der Waals surface area contributed by atoms with Gasteiger partial charge in [-0.05, 0) is 37.0 Å². The van der Waals surface area contributed by atoms with Gasteiger partial charge in [0, 0.05) is 3.42 Å². The van der Waals surface area contributed by atoms with Crippen LogP contribution in [0.3, 0.4) is 0 Å². The molecule has 0 N–H and O–H groups in total. The minimum absolute atomic E-state index is 0.629. The Bertz CT molecular complexity index is 183. The van der Waals surface area contributed by atoms with Gasteiger partial charge >= 0.3 is 0 Å². The second kappa shape index (κ2) is 2.86. The van der Waals surface area contributed by atoms with E-state index < -0.39 is 0 Å². The summed E-state index contributed by atoms with van der Waals surface area (Å²) in [5.74, 6) is 1.05. The Labute approximate surface area is 89.6 Å². The second-order valence-electron chi connectivity index (χ2n) is 5.66. The van der Waals surface area contributed by atoms with E-state index in [0.717, 1.165) is 5.92 Å². The molecule has 2 rings (SSSR count). The summed E-state index contributed by atoms with van der Waals surface area (Å²) in [5.41, 5.74) is 0.629. The van der Waals surface area contributed by atoms with Gasteiger partial charge < -0.3 is 0 Å². The summed E-state index contributed by atoms with van der Waals surface area (Å²) >= 11 is 2.75. The summed E-state index contributed by atoms with van der Waals surface area (Å²) < 4.78 is 0.683. The van der Waals surface area contributed by atoms with E-state index in [1.807, 2.05) is 0 Å². The zero-order valence-electron chi connectivity index (χ0n) is 8.20. The summed E-state index contributed by atoms with van der Waals surface area (Å²) in [7, 11) is 0. The van der Waals surface area contributed by atoms with Crippen LogP contribution in [-0.2, 0) is 0 Å².